The van der Waals surface area contributed by atoms with Crippen molar-refractivity contribution in [3.63, 3.8) is 0 Å². The average molecular weight is 1420 g/mol. The number of hydrogen-bond acceptors (Lipinski definition) is 15. The summed E-state index contributed by atoms with van der Waals surface area (Å²) in [6.07, 6.45) is 61.5. The summed E-state index contributed by atoms with van der Waals surface area (Å²) < 4.78 is 68.3. The number of aliphatic hydroxyl groups excluding tert-OH is 1. The first-order valence-corrected chi connectivity index (χ1v) is 43.7. The zero-order valence-electron chi connectivity index (χ0n) is 63.2. The van der Waals surface area contributed by atoms with Gasteiger partial charge in [-0.1, -0.05) is 362 Å². The van der Waals surface area contributed by atoms with E-state index in [1.807, 2.05) is 0 Å². The molecule has 17 nitrogen and oxygen atoms in total. The van der Waals surface area contributed by atoms with E-state index in [4.69, 9.17) is 37.0 Å². The Morgan fingerprint density at radius 3 is 0.732 bits per heavy atom. The summed E-state index contributed by atoms with van der Waals surface area (Å²) in [5.41, 5.74) is 0. The van der Waals surface area contributed by atoms with Crippen molar-refractivity contribution in [2.75, 3.05) is 39.6 Å². The smallest absolute Gasteiger partial charge is 0.462 e. The zero-order chi connectivity index (χ0) is 71.2. The minimum Gasteiger partial charge on any atom is -0.462 e. The molecule has 19 heteroatoms. The third-order valence-electron chi connectivity index (χ3n) is 18.6. The van der Waals surface area contributed by atoms with E-state index >= 15 is 0 Å². The Labute approximate surface area is 594 Å². The number of carbonyl (C=O) groups is 4. The molecule has 0 fully saturated rings. The lowest BCUT2D eigenvalue weighted by Gasteiger charge is -2.21. The van der Waals surface area contributed by atoms with Crippen molar-refractivity contribution in [2.45, 2.75) is 432 Å². The van der Waals surface area contributed by atoms with Crippen LogP contribution in [0.5, 0.6) is 0 Å². The van der Waals surface area contributed by atoms with Gasteiger partial charge in [0.1, 0.15) is 19.3 Å². The summed E-state index contributed by atoms with van der Waals surface area (Å²) in [6, 6.07) is 0. The number of rotatable bonds is 78. The molecule has 0 saturated heterocycles. The van der Waals surface area contributed by atoms with Crippen LogP contribution in [0.2, 0.25) is 0 Å². The van der Waals surface area contributed by atoms with E-state index < -0.39 is 97.5 Å². The molecular formula is C78H152O17P2. The molecule has 3 unspecified atom stereocenters. The normalized spacial score (nSPS) is 14.2. The van der Waals surface area contributed by atoms with Crippen molar-refractivity contribution in [2.24, 2.45) is 5.92 Å². The molecule has 97 heavy (non-hydrogen) atoms. The predicted molar refractivity (Wildman–Crippen MR) is 395 cm³/mol. The first-order chi connectivity index (χ1) is 47.1. The van der Waals surface area contributed by atoms with Gasteiger partial charge in [0.15, 0.2) is 12.2 Å². The fourth-order valence-electron chi connectivity index (χ4n) is 12.0. The highest BCUT2D eigenvalue weighted by Gasteiger charge is 2.30. The maximum Gasteiger partial charge on any atom is 0.472 e. The second kappa shape index (κ2) is 71.1. The van der Waals surface area contributed by atoms with Gasteiger partial charge in [-0.3, -0.25) is 37.3 Å². The van der Waals surface area contributed by atoms with Crippen molar-refractivity contribution in [1.29, 1.82) is 0 Å². The fraction of sp³-hybridized carbons (Fsp3) is 0.949. The second-order valence-corrected chi connectivity index (χ2v) is 31.3. The van der Waals surface area contributed by atoms with Crippen LogP contribution in [0.3, 0.4) is 0 Å². The molecule has 6 atom stereocenters. The molecule has 0 aromatic carbocycles. The number of carbonyl (C=O) groups excluding carboxylic acids is 4. The Balaban J connectivity index is 5.11. The van der Waals surface area contributed by atoms with Crippen LogP contribution in [0.25, 0.3) is 0 Å². The summed E-state index contributed by atoms with van der Waals surface area (Å²) in [4.78, 5) is 72.6. The lowest BCUT2D eigenvalue weighted by Crippen LogP contribution is -2.30. The number of ether oxygens (including phenoxy) is 4. The van der Waals surface area contributed by atoms with Crippen LogP contribution in [-0.4, -0.2) is 96.7 Å². The van der Waals surface area contributed by atoms with Gasteiger partial charge in [0, 0.05) is 25.7 Å². The monoisotopic (exact) mass is 1420 g/mol. The molecule has 0 spiro atoms. The van der Waals surface area contributed by atoms with E-state index in [0.29, 0.717) is 25.7 Å². The van der Waals surface area contributed by atoms with Gasteiger partial charge in [-0.05, 0) is 31.6 Å². The van der Waals surface area contributed by atoms with Crippen LogP contribution in [0.15, 0.2) is 0 Å². The Kier molecular flexibility index (Phi) is 69.6. The largest absolute Gasteiger partial charge is 0.472 e. The molecule has 0 bridgehead atoms. The van der Waals surface area contributed by atoms with Crippen LogP contribution in [0.1, 0.15) is 413 Å². The summed E-state index contributed by atoms with van der Waals surface area (Å²) >= 11 is 0. The molecule has 0 rings (SSSR count). The van der Waals surface area contributed by atoms with Gasteiger partial charge in [0.2, 0.25) is 0 Å². The summed E-state index contributed by atoms with van der Waals surface area (Å²) in [7, 11) is -9.90. The fourth-order valence-corrected chi connectivity index (χ4v) is 13.6. The number of hydrogen-bond donors (Lipinski definition) is 3. The zero-order valence-corrected chi connectivity index (χ0v) is 65.0. The Bertz CT molecular complexity index is 1860. The Morgan fingerprint density at radius 1 is 0.289 bits per heavy atom. The highest BCUT2D eigenvalue weighted by atomic mass is 31.2. The van der Waals surface area contributed by atoms with E-state index in [-0.39, 0.29) is 25.7 Å². The number of aliphatic hydroxyl groups is 1. The van der Waals surface area contributed by atoms with Crippen molar-refractivity contribution in [3.8, 4) is 0 Å². The Morgan fingerprint density at radius 2 is 0.495 bits per heavy atom. The van der Waals surface area contributed by atoms with Crippen LogP contribution < -0.4 is 0 Å². The van der Waals surface area contributed by atoms with Gasteiger partial charge < -0.3 is 33.8 Å². The molecular weight excluding hydrogens is 1270 g/mol. The van der Waals surface area contributed by atoms with E-state index in [1.165, 1.54) is 231 Å². The summed E-state index contributed by atoms with van der Waals surface area (Å²) in [6.45, 7) is 7.28. The van der Waals surface area contributed by atoms with Crippen molar-refractivity contribution < 1.29 is 80.2 Å². The van der Waals surface area contributed by atoms with Crippen molar-refractivity contribution >= 4 is 39.5 Å². The third-order valence-corrected chi connectivity index (χ3v) is 20.5. The Hall–Kier alpha value is -1.94. The van der Waals surface area contributed by atoms with E-state index in [1.54, 1.807) is 0 Å². The molecule has 0 aromatic rings. The molecule has 0 aliphatic heterocycles. The molecule has 0 radical (unpaired) electrons. The van der Waals surface area contributed by atoms with Crippen LogP contribution in [0.4, 0.5) is 0 Å². The predicted octanol–water partition coefficient (Wildman–Crippen LogP) is 23.3. The first kappa shape index (κ1) is 95.1. The minimum absolute atomic E-state index is 0.107. The third kappa shape index (κ3) is 70.9. The van der Waals surface area contributed by atoms with Crippen LogP contribution in [-0.2, 0) is 65.4 Å². The highest BCUT2D eigenvalue weighted by molar-refractivity contribution is 7.47. The standard InChI is InChI=1S/C78H152O17P2/c1-6-10-13-16-18-20-22-24-25-26-30-33-36-40-43-47-52-57-62-76(81)89-68-74(95-78(83)64-59-54-49-45-41-37-34-31-28-27-29-32-35-38-42-46-51-55-60-71(5)9-4)70-93-97(86,87)91-66-72(79)65-90-96(84,85)92-69-73(67-88-75(80)61-56-50-15-12-8-3)94-77(82)63-58-53-48-44-39-23-21-19-17-14-11-7-2/h71-74,79H,6-70H2,1-5H3,(H,84,85)(H,86,87)/t71?,72-,73+,74+/m0/s1. The first-order valence-electron chi connectivity index (χ1n) is 40.7. The minimum atomic E-state index is -4.96. The molecule has 0 aliphatic rings. The van der Waals surface area contributed by atoms with Gasteiger partial charge in [-0.15, -0.1) is 0 Å². The highest BCUT2D eigenvalue weighted by Crippen LogP contribution is 2.45. The van der Waals surface area contributed by atoms with Gasteiger partial charge in [-0.25, -0.2) is 9.13 Å². The van der Waals surface area contributed by atoms with E-state index in [0.717, 1.165) is 102 Å². The second-order valence-electron chi connectivity index (χ2n) is 28.3. The van der Waals surface area contributed by atoms with Gasteiger partial charge in [0.05, 0.1) is 26.4 Å². The van der Waals surface area contributed by atoms with Gasteiger partial charge >= 0.3 is 39.5 Å². The molecule has 0 amide bonds. The van der Waals surface area contributed by atoms with Crippen molar-refractivity contribution in [3.05, 3.63) is 0 Å². The number of phosphoric ester groups is 2. The topological polar surface area (TPSA) is 237 Å². The SMILES string of the molecule is CCCCCCCCCCCCCCCCCCCCC(=O)OC[C@H](COP(=O)(O)OC[C@@H](O)COP(=O)(O)OC[C@@H](COC(=O)CCCCCCC)OC(=O)CCCCCCCCCCCCCC)OC(=O)CCCCCCCCCCCCCCCCCCCCC(C)CC. The lowest BCUT2D eigenvalue weighted by molar-refractivity contribution is -0.161. The lowest BCUT2D eigenvalue weighted by atomic mass is 9.99. The van der Waals surface area contributed by atoms with Crippen molar-refractivity contribution in [1.82, 2.24) is 0 Å². The molecule has 3 N–H and O–H groups in total. The summed E-state index contributed by atoms with van der Waals surface area (Å²) in [5, 5.41) is 10.6. The van der Waals surface area contributed by atoms with E-state index in [9.17, 15) is 43.2 Å². The maximum atomic E-state index is 13.1. The van der Waals surface area contributed by atoms with Crippen LogP contribution in [0, 0.1) is 5.92 Å². The summed E-state index contributed by atoms with van der Waals surface area (Å²) in [5.74, 6) is -1.25. The van der Waals surface area contributed by atoms with E-state index in [2.05, 4.69) is 34.6 Å². The quantitative estimate of drug-likeness (QED) is 0.0222. The number of phosphoric acid groups is 2. The van der Waals surface area contributed by atoms with Crippen LogP contribution >= 0.6 is 15.6 Å². The molecule has 0 saturated carbocycles. The molecule has 0 aromatic heterocycles. The average Bonchev–Trinajstić information content (AvgIpc) is 1.21. The number of esters is 4. The molecule has 0 aliphatic carbocycles. The molecule has 576 valence electrons. The van der Waals surface area contributed by atoms with Gasteiger partial charge in [-0.2, -0.15) is 0 Å². The molecule has 0 heterocycles. The maximum absolute atomic E-state index is 13.1. The van der Waals surface area contributed by atoms with Gasteiger partial charge in [0.25, 0.3) is 0 Å². The number of unbranched alkanes of at least 4 members (excludes halogenated alkanes) is 49.